The van der Waals surface area contributed by atoms with E-state index in [1.54, 1.807) is 24.3 Å². The molecule has 2 aromatic carbocycles. The van der Waals surface area contributed by atoms with E-state index in [2.05, 4.69) is 10.6 Å². The average Bonchev–Trinajstić information content (AvgIpc) is 3.27. The standard InChI is InChI=1S/C33H40F2N6O3/c1-33(2,44-3)28-19-36-30-27(12-11-22(20-41(28)30)24-8-6-9-25(34)29(24)35)38-31(42)39-16-14-23(15-17-39)40-18-13-21-7-4-5-10-26(21)37-32(40)43/h4-10,19,22-23,27H,11-18,20H2,1-3H3,(H,37,43)(H,38,42)/t22-,27-/m1/s1. The minimum absolute atomic E-state index is 0.0471. The Labute approximate surface area is 256 Å². The van der Waals surface area contributed by atoms with Crippen molar-refractivity contribution < 1.29 is 23.1 Å². The number of piperidine rings is 1. The van der Waals surface area contributed by atoms with Gasteiger partial charge in [-0.2, -0.15) is 0 Å². The molecule has 2 atom stereocenters. The maximum absolute atomic E-state index is 14.9. The summed E-state index contributed by atoms with van der Waals surface area (Å²) in [6.45, 7) is 5.93. The molecule has 11 heteroatoms. The van der Waals surface area contributed by atoms with Crippen LogP contribution in [-0.4, -0.2) is 64.2 Å². The zero-order valence-corrected chi connectivity index (χ0v) is 25.5. The Kier molecular flexibility index (Phi) is 8.32. The lowest BCUT2D eigenvalue weighted by atomic mass is 9.92. The molecule has 2 N–H and O–H groups in total. The third kappa shape index (κ3) is 5.77. The second-order valence-electron chi connectivity index (χ2n) is 12.5. The highest BCUT2D eigenvalue weighted by Crippen LogP contribution is 2.38. The van der Waals surface area contributed by atoms with Crippen LogP contribution in [0.1, 0.15) is 74.1 Å². The van der Waals surface area contributed by atoms with Crippen LogP contribution in [0, 0.1) is 11.6 Å². The Morgan fingerprint density at radius 2 is 1.82 bits per heavy atom. The first-order valence-electron chi connectivity index (χ1n) is 15.4. The first-order valence-corrected chi connectivity index (χ1v) is 15.4. The number of ether oxygens (including phenoxy) is 1. The van der Waals surface area contributed by atoms with Gasteiger partial charge in [-0.3, -0.25) is 0 Å². The summed E-state index contributed by atoms with van der Waals surface area (Å²) in [4.78, 5) is 35.0. The number of carbonyl (C=O) groups excluding carboxylic acids is 2. The van der Waals surface area contributed by atoms with E-state index in [0.29, 0.717) is 63.3 Å². The first kappa shape index (κ1) is 30.1. The molecule has 6 rings (SSSR count). The third-order valence-electron chi connectivity index (χ3n) is 9.59. The summed E-state index contributed by atoms with van der Waals surface area (Å²) in [5, 5.41) is 6.24. The number of anilines is 1. The molecule has 0 aliphatic carbocycles. The summed E-state index contributed by atoms with van der Waals surface area (Å²) in [5.41, 5.74) is 2.43. The average molecular weight is 607 g/mol. The van der Waals surface area contributed by atoms with Crippen LogP contribution in [0.3, 0.4) is 0 Å². The van der Waals surface area contributed by atoms with Gasteiger partial charge in [-0.1, -0.05) is 30.3 Å². The van der Waals surface area contributed by atoms with Crippen molar-refractivity contribution in [2.45, 2.75) is 76.1 Å². The van der Waals surface area contributed by atoms with Gasteiger partial charge in [0.1, 0.15) is 11.4 Å². The minimum atomic E-state index is -0.870. The molecule has 3 aliphatic rings. The second kappa shape index (κ2) is 12.2. The monoisotopic (exact) mass is 606 g/mol. The quantitative estimate of drug-likeness (QED) is 0.377. The molecule has 234 valence electrons. The van der Waals surface area contributed by atoms with Crippen molar-refractivity contribution in [3.63, 3.8) is 0 Å². The van der Waals surface area contributed by atoms with E-state index in [1.165, 1.54) is 6.07 Å². The van der Waals surface area contributed by atoms with Crippen molar-refractivity contribution in [1.29, 1.82) is 0 Å². The Hall–Kier alpha value is -3.99. The summed E-state index contributed by atoms with van der Waals surface area (Å²) < 4.78 is 36.9. The van der Waals surface area contributed by atoms with Gasteiger partial charge in [0.2, 0.25) is 0 Å². The normalized spacial score (nSPS) is 21.2. The number of likely N-dealkylation sites (tertiary alicyclic amines) is 1. The van der Waals surface area contributed by atoms with Crippen LogP contribution in [0.5, 0.6) is 0 Å². The molecule has 0 saturated carbocycles. The molecule has 0 radical (unpaired) electrons. The van der Waals surface area contributed by atoms with Crippen LogP contribution >= 0.6 is 0 Å². The van der Waals surface area contributed by atoms with Gasteiger partial charge >= 0.3 is 12.1 Å². The van der Waals surface area contributed by atoms with Crippen LogP contribution in [0.15, 0.2) is 48.7 Å². The first-order chi connectivity index (χ1) is 21.2. The van der Waals surface area contributed by atoms with Gasteiger partial charge < -0.3 is 29.7 Å². The Bertz CT molecular complexity index is 1530. The highest BCUT2D eigenvalue weighted by Gasteiger charge is 2.36. The second-order valence-corrected chi connectivity index (χ2v) is 12.5. The van der Waals surface area contributed by atoms with E-state index < -0.39 is 23.3 Å². The number of methoxy groups -OCH3 is 1. The number of fused-ring (bicyclic) bond motifs is 2. The van der Waals surface area contributed by atoms with E-state index in [9.17, 15) is 18.4 Å². The van der Waals surface area contributed by atoms with E-state index in [1.807, 2.05) is 47.6 Å². The summed E-state index contributed by atoms with van der Waals surface area (Å²) in [6, 6.07) is 11.5. The lowest BCUT2D eigenvalue weighted by molar-refractivity contribution is 0.0120. The number of imidazole rings is 1. The number of aromatic nitrogens is 2. The van der Waals surface area contributed by atoms with Gasteiger partial charge in [0.05, 0.1) is 17.9 Å². The molecule has 0 bridgehead atoms. The molecule has 3 aromatic rings. The number of halogens is 2. The number of para-hydroxylation sites is 1. The van der Waals surface area contributed by atoms with E-state index >= 15 is 0 Å². The van der Waals surface area contributed by atoms with Crippen LogP contribution in [0.25, 0.3) is 0 Å². The smallest absolute Gasteiger partial charge is 0.322 e. The predicted octanol–water partition coefficient (Wildman–Crippen LogP) is 5.93. The van der Waals surface area contributed by atoms with Gasteiger partial charge in [0.15, 0.2) is 11.6 Å². The Morgan fingerprint density at radius 3 is 2.59 bits per heavy atom. The van der Waals surface area contributed by atoms with Crippen LogP contribution in [0.4, 0.5) is 24.1 Å². The topological polar surface area (TPSA) is 91.7 Å². The zero-order chi connectivity index (χ0) is 31.0. The molecule has 0 spiro atoms. The number of hydrogen-bond donors (Lipinski definition) is 2. The fourth-order valence-electron chi connectivity index (χ4n) is 6.84. The number of nitrogens with one attached hydrogen (secondary N) is 2. The fraction of sp³-hybridized carbons (Fsp3) is 0.485. The van der Waals surface area contributed by atoms with Crippen molar-refractivity contribution in [2.24, 2.45) is 0 Å². The Morgan fingerprint density at radius 1 is 1.05 bits per heavy atom. The zero-order valence-electron chi connectivity index (χ0n) is 25.5. The number of urea groups is 2. The van der Waals surface area contributed by atoms with Crippen molar-refractivity contribution in [1.82, 2.24) is 24.7 Å². The number of nitrogens with zero attached hydrogens (tertiary/aromatic N) is 4. The molecule has 4 heterocycles. The highest BCUT2D eigenvalue weighted by atomic mass is 19.2. The number of hydrogen-bond acceptors (Lipinski definition) is 4. The highest BCUT2D eigenvalue weighted by molar-refractivity contribution is 5.91. The van der Waals surface area contributed by atoms with Gasteiger partial charge in [0.25, 0.3) is 0 Å². The molecule has 1 fully saturated rings. The van der Waals surface area contributed by atoms with Gasteiger partial charge in [0, 0.05) is 50.9 Å². The molecule has 0 unspecified atom stereocenters. The van der Waals surface area contributed by atoms with Crippen molar-refractivity contribution in [2.75, 3.05) is 32.1 Å². The lowest BCUT2D eigenvalue weighted by Crippen LogP contribution is -2.52. The minimum Gasteiger partial charge on any atom is -0.373 e. The summed E-state index contributed by atoms with van der Waals surface area (Å²) in [7, 11) is 1.62. The SMILES string of the molecule is COC(C)(C)c1cnc2n1C[C@H](c1cccc(F)c1F)CC[C@H]2NC(=O)N1CCC(N2CCc3ccccc3NC2=O)CC1. The van der Waals surface area contributed by atoms with E-state index in [4.69, 9.17) is 9.72 Å². The van der Waals surface area contributed by atoms with Crippen molar-refractivity contribution in [3.8, 4) is 0 Å². The predicted molar refractivity (Wildman–Crippen MR) is 162 cm³/mol. The molecular weight excluding hydrogens is 566 g/mol. The summed E-state index contributed by atoms with van der Waals surface area (Å²) >= 11 is 0. The molecule has 1 aromatic heterocycles. The van der Waals surface area contributed by atoms with E-state index in [-0.39, 0.29) is 24.0 Å². The molecular formula is C33H40F2N6O3. The fourth-order valence-corrected chi connectivity index (χ4v) is 6.84. The van der Waals surface area contributed by atoms with Crippen LogP contribution in [-0.2, 0) is 23.3 Å². The van der Waals surface area contributed by atoms with Gasteiger partial charge in [-0.15, -0.1) is 0 Å². The number of amides is 4. The lowest BCUT2D eigenvalue weighted by Gasteiger charge is -2.38. The third-order valence-corrected chi connectivity index (χ3v) is 9.59. The van der Waals surface area contributed by atoms with Gasteiger partial charge in [-0.05, 0) is 69.2 Å². The van der Waals surface area contributed by atoms with Crippen LogP contribution in [0.2, 0.25) is 0 Å². The number of carbonyl (C=O) groups is 2. The summed E-state index contributed by atoms with van der Waals surface area (Å²) in [5.74, 6) is -1.34. The van der Waals surface area contributed by atoms with Crippen LogP contribution < -0.4 is 10.6 Å². The molecule has 44 heavy (non-hydrogen) atoms. The van der Waals surface area contributed by atoms with Gasteiger partial charge in [-0.25, -0.2) is 23.4 Å². The molecule has 4 amide bonds. The number of rotatable bonds is 5. The van der Waals surface area contributed by atoms with Crippen molar-refractivity contribution >= 4 is 17.7 Å². The maximum Gasteiger partial charge on any atom is 0.322 e. The molecule has 3 aliphatic heterocycles. The molecule has 9 nitrogen and oxygen atoms in total. The maximum atomic E-state index is 14.9. The molecule has 1 saturated heterocycles. The van der Waals surface area contributed by atoms with E-state index in [0.717, 1.165) is 29.4 Å². The largest absolute Gasteiger partial charge is 0.373 e. The summed E-state index contributed by atoms with van der Waals surface area (Å²) in [6.07, 6.45) is 4.95. The Balaban J connectivity index is 1.15. The van der Waals surface area contributed by atoms with Crippen molar-refractivity contribution in [3.05, 3.63) is 82.9 Å². The number of benzene rings is 2.